The molecule has 1 atom stereocenters. The molecule has 3 amide bonds. The third-order valence-electron chi connectivity index (χ3n) is 1.97. The topological polar surface area (TPSA) is 116 Å². The number of nitrogens with zero attached hydrogens (tertiary/aromatic N) is 2. The summed E-state index contributed by atoms with van der Waals surface area (Å²) in [6.07, 6.45) is 0. The molecule has 8 heteroatoms. The minimum atomic E-state index is -1.20. The lowest BCUT2D eigenvalue weighted by molar-refractivity contribution is -0.137. The van der Waals surface area contributed by atoms with E-state index in [1.54, 1.807) is 6.92 Å². The third-order valence-corrected chi connectivity index (χ3v) is 1.97. The van der Waals surface area contributed by atoms with Crippen LogP contribution in [-0.2, 0) is 9.59 Å². The Bertz CT molecular complexity index is 303. The van der Waals surface area contributed by atoms with Crippen molar-refractivity contribution in [2.24, 2.45) is 5.73 Å². The maximum Gasteiger partial charge on any atom is 0.323 e. The summed E-state index contributed by atoms with van der Waals surface area (Å²) in [6, 6.07) is -0.790. The molecule has 1 unspecified atom stereocenters. The zero-order valence-electron chi connectivity index (χ0n) is 10.8. The van der Waals surface area contributed by atoms with E-state index in [2.05, 4.69) is 5.32 Å². The molecule has 0 saturated carbocycles. The van der Waals surface area contributed by atoms with Crippen LogP contribution in [0, 0.1) is 0 Å². The van der Waals surface area contributed by atoms with Crippen LogP contribution in [0.3, 0.4) is 0 Å². The van der Waals surface area contributed by atoms with Gasteiger partial charge >= 0.3 is 12.0 Å². The van der Waals surface area contributed by atoms with Crippen LogP contribution in [0.5, 0.6) is 0 Å². The lowest BCUT2D eigenvalue weighted by Gasteiger charge is -2.24. The van der Waals surface area contributed by atoms with Gasteiger partial charge in [-0.15, -0.1) is 0 Å². The highest BCUT2D eigenvalue weighted by atomic mass is 16.4. The second-order valence-corrected chi connectivity index (χ2v) is 4.33. The van der Waals surface area contributed by atoms with E-state index < -0.39 is 31.0 Å². The average molecular weight is 260 g/mol. The summed E-state index contributed by atoms with van der Waals surface area (Å²) in [6.45, 7) is 1.39. The fourth-order valence-corrected chi connectivity index (χ4v) is 1.45. The van der Waals surface area contributed by atoms with Crippen LogP contribution in [0.4, 0.5) is 4.79 Å². The Labute approximate surface area is 106 Å². The molecule has 0 fully saturated rings. The Balaban J connectivity index is 4.45. The number of hydrogen-bond acceptors (Lipinski definition) is 4. The molecule has 4 N–H and O–H groups in total. The van der Waals surface area contributed by atoms with Crippen molar-refractivity contribution >= 4 is 17.9 Å². The van der Waals surface area contributed by atoms with Crippen molar-refractivity contribution < 1.29 is 19.5 Å². The molecule has 0 rings (SSSR count). The largest absolute Gasteiger partial charge is 0.480 e. The van der Waals surface area contributed by atoms with Gasteiger partial charge in [0.1, 0.15) is 13.1 Å². The van der Waals surface area contributed by atoms with Gasteiger partial charge in [-0.1, -0.05) is 0 Å². The lowest BCUT2D eigenvalue weighted by Crippen LogP contribution is -2.50. The molecular formula is C10H20N4O4. The maximum atomic E-state index is 11.7. The van der Waals surface area contributed by atoms with Crippen molar-refractivity contribution in [2.75, 3.05) is 33.7 Å². The predicted molar refractivity (Wildman–Crippen MR) is 65.0 cm³/mol. The monoisotopic (exact) mass is 260 g/mol. The molecule has 0 aliphatic heterocycles. The van der Waals surface area contributed by atoms with Gasteiger partial charge in [0.05, 0.1) is 0 Å². The molecule has 104 valence electrons. The van der Waals surface area contributed by atoms with Gasteiger partial charge in [-0.3, -0.25) is 9.59 Å². The quantitative estimate of drug-likeness (QED) is 0.516. The molecule has 0 heterocycles. The fraction of sp³-hybridized carbons (Fsp3) is 0.700. The number of urea groups is 1. The molecule has 0 aliphatic carbocycles. The van der Waals surface area contributed by atoms with Gasteiger partial charge in [0.25, 0.3) is 0 Å². The standard InChI is InChI=1S/C10H20N4O4/c1-7(4-13(2)3)12-10(18)14(5-8(11)15)6-9(16)17/h7H,4-6H2,1-3H3,(H2,11,15)(H,12,18)(H,16,17). The summed E-state index contributed by atoms with van der Waals surface area (Å²) in [5, 5.41) is 11.2. The van der Waals surface area contributed by atoms with Crippen molar-refractivity contribution in [2.45, 2.75) is 13.0 Å². The average Bonchev–Trinajstić information content (AvgIpc) is 2.13. The van der Waals surface area contributed by atoms with Gasteiger partial charge in [0.2, 0.25) is 5.91 Å². The van der Waals surface area contributed by atoms with E-state index in [1.165, 1.54) is 0 Å². The van der Waals surface area contributed by atoms with E-state index in [1.807, 2.05) is 19.0 Å². The first-order chi connectivity index (χ1) is 8.22. The van der Waals surface area contributed by atoms with Crippen molar-refractivity contribution in [3.63, 3.8) is 0 Å². The number of likely N-dealkylation sites (N-methyl/N-ethyl adjacent to an activating group) is 1. The number of carbonyl (C=O) groups is 3. The highest BCUT2D eigenvalue weighted by Crippen LogP contribution is 1.93. The van der Waals surface area contributed by atoms with Gasteiger partial charge < -0.3 is 26.0 Å². The molecule has 18 heavy (non-hydrogen) atoms. The Kier molecular flexibility index (Phi) is 6.73. The van der Waals surface area contributed by atoms with Crippen molar-refractivity contribution in [1.29, 1.82) is 0 Å². The van der Waals surface area contributed by atoms with E-state index >= 15 is 0 Å². The first-order valence-corrected chi connectivity index (χ1v) is 5.42. The van der Waals surface area contributed by atoms with Gasteiger partial charge in [0, 0.05) is 12.6 Å². The predicted octanol–water partition coefficient (Wildman–Crippen LogP) is -1.48. The van der Waals surface area contributed by atoms with E-state index in [-0.39, 0.29) is 6.04 Å². The van der Waals surface area contributed by atoms with E-state index in [0.29, 0.717) is 6.54 Å². The van der Waals surface area contributed by atoms with Crippen molar-refractivity contribution in [3.8, 4) is 0 Å². The second-order valence-electron chi connectivity index (χ2n) is 4.33. The molecule has 0 spiro atoms. The van der Waals surface area contributed by atoms with Crippen LogP contribution in [0.1, 0.15) is 6.92 Å². The number of aliphatic carboxylic acids is 1. The van der Waals surface area contributed by atoms with Crippen LogP contribution in [0.2, 0.25) is 0 Å². The van der Waals surface area contributed by atoms with E-state index in [0.717, 1.165) is 4.90 Å². The van der Waals surface area contributed by atoms with Crippen LogP contribution in [-0.4, -0.2) is 72.6 Å². The number of amides is 3. The molecule has 0 bridgehead atoms. The molecule has 0 aliphatic rings. The number of nitrogens with one attached hydrogen (secondary N) is 1. The minimum absolute atomic E-state index is 0.170. The van der Waals surface area contributed by atoms with Crippen LogP contribution in [0.15, 0.2) is 0 Å². The Morgan fingerprint density at radius 1 is 1.28 bits per heavy atom. The van der Waals surface area contributed by atoms with Crippen LogP contribution < -0.4 is 11.1 Å². The first-order valence-electron chi connectivity index (χ1n) is 5.42. The molecule has 0 saturated heterocycles. The fourth-order valence-electron chi connectivity index (χ4n) is 1.45. The molecule has 0 radical (unpaired) electrons. The normalized spacial score (nSPS) is 12.0. The van der Waals surface area contributed by atoms with Gasteiger partial charge in [-0.05, 0) is 21.0 Å². The van der Waals surface area contributed by atoms with Crippen molar-refractivity contribution in [3.05, 3.63) is 0 Å². The number of carboxylic acid groups (broad SMARTS) is 1. The number of nitrogens with two attached hydrogens (primary N) is 1. The Morgan fingerprint density at radius 3 is 2.22 bits per heavy atom. The molecular weight excluding hydrogens is 240 g/mol. The third kappa shape index (κ3) is 7.44. The zero-order valence-corrected chi connectivity index (χ0v) is 10.8. The number of carbonyl (C=O) groups excluding carboxylic acids is 2. The maximum absolute atomic E-state index is 11.7. The van der Waals surface area contributed by atoms with Gasteiger partial charge in [0.15, 0.2) is 0 Å². The summed E-state index contributed by atoms with van der Waals surface area (Å²) < 4.78 is 0. The molecule has 0 aromatic carbocycles. The number of primary amides is 1. The van der Waals surface area contributed by atoms with Crippen LogP contribution >= 0.6 is 0 Å². The zero-order chi connectivity index (χ0) is 14.3. The van der Waals surface area contributed by atoms with Crippen molar-refractivity contribution in [1.82, 2.24) is 15.1 Å². The number of hydrogen-bond donors (Lipinski definition) is 3. The Hall–Kier alpha value is -1.83. The first kappa shape index (κ1) is 16.2. The summed E-state index contributed by atoms with van der Waals surface area (Å²) in [4.78, 5) is 35.8. The highest BCUT2D eigenvalue weighted by molar-refractivity contribution is 5.86. The number of rotatable bonds is 7. The number of carboxylic acids is 1. The molecule has 0 aromatic heterocycles. The smallest absolute Gasteiger partial charge is 0.323 e. The molecule has 0 aromatic rings. The summed E-state index contributed by atoms with van der Waals surface area (Å²) in [5.41, 5.74) is 4.96. The van der Waals surface area contributed by atoms with E-state index in [9.17, 15) is 14.4 Å². The second kappa shape index (κ2) is 7.49. The summed E-state index contributed by atoms with van der Waals surface area (Å²) >= 11 is 0. The van der Waals surface area contributed by atoms with Gasteiger partial charge in [-0.25, -0.2) is 4.79 Å². The highest BCUT2D eigenvalue weighted by Gasteiger charge is 2.20. The minimum Gasteiger partial charge on any atom is -0.480 e. The summed E-state index contributed by atoms with van der Waals surface area (Å²) in [5.74, 6) is -1.96. The molecule has 8 nitrogen and oxygen atoms in total. The summed E-state index contributed by atoms with van der Waals surface area (Å²) in [7, 11) is 3.70. The van der Waals surface area contributed by atoms with Gasteiger partial charge in [-0.2, -0.15) is 0 Å². The van der Waals surface area contributed by atoms with Crippen LogP contribution in [0.25, 0.3) is 0 Å². The lowest BCUT2D eigenvalue weighted by atomic mass is 10.3. The SMILES string of the molecule is CC(CN(C)C)NC(=O)N(CC(N)=O)CC(=O)O. The van der Waals surface area contributed by atoms with E-state index in [4.69, 9.17) is 10.8 Å². The Morgan fingerprint density at radius 2 is 1.83 bits per heavy atom.